The van der Waals surface area contributed by atoms with Crippen molar-refractivity contribution in [2.24, 2.45) is 0 Å². The molecule has 0 N–H and O–H groups in total. The molecule has 0 saturated heterocycles. The number of ketones is 1. The molecule has 1 aromatic carbocycles. The van der Waals surface area contributed by atoms with Crippen LogP contribution in [0.4, 0.5) is 0 Å². The van der Waals surface area contributed by atoms with E-state index in [1.54, 1.807) is 50.2 Å². The van der Waals surface area contributed by atoms with E-state index in [1.165, 1.54) is 17.6 Å². The van der Waals surface area contributed by atoms with Crippen molar-refractivity contribution in [3.63, 3.8) is 0 Å². The zero-order chi connectivity index (χ0) is 19.6. The third kappa shape index (κ3) is 4.61. The van der Waals surface area contributed by atoms with Gasteiger partial charge in [-0.1, -0.05) is 29.3 Å². The van der Waals surface area contributed by atoms with Crippen LogP contribution in [0, 0.1) is 0 Å². The fraction of sp³-hybridized carbons (Fsp3) is 0.200. The van der Waals surface area contributed by atoms with E-state index in [4.69, 9.17) is 32.4 Å². The second-order valence-corrected chi connectivity index (χ2v) is 7.98. The third-order valence-electron chi connectivity index (χ3n) is 3.66. The number of hydrogen-bond donors (Lipinski definition) is 0. The number of furan rings is 1. The lowest BCUT2D eigenvalue weighted by Gasteiger charge is -2.08. The van der Waals surface area contributed by atoms with Gasteiger partial charge in [0.1, 0.15) is 0 Å². The molecular formula is C20H16Cl2O4S. The summed E-state index contributed by atoms with van der Waals surface area (Å²) in [5.74, 6) is -0.357. The van der Waals surface area contributed by atoms with Gasteiger partial charge in [-0.2, -0.15) is 0 Å². The molecule has 0 unspecified atom stereocenters. The zero-order valence-electron chi connectivity index (χ0n) is 14.6. The Bertz CT molecular complexity index is 974. The first-order valence-corrected chi connectivity index (χ1v) is 9.78. The second-order valence-electron chi connectivity index (χ2n) is 6.12. The molecule has 0 aliphatic rings. The highest BCUT2D eigenvalue weighted by Gasteiger charge is 2.21. The number of esters is 1. The molecule has 3 rings (SSSR count). The Hall–Kier alpha value is -2.08. The predicted octanol–water partition coefficient (Wildman–Crippen LogP) is 6.04. The number of thiophene rings is 1. The van der Waals surface area contributed by atoms with E-state index >= 15 is 0 Å². The quantitative estimate of drug-likeness (QED) is 0.358. The van der Waals surface area contributed by atoms with Crippen LogP contribution in [0.3, 0.4) is 0 Å². The van der Waals surface area contributed by atoms with Crippen LogP contribution in [0.5, 0.6) is 0 Å². The maximum Gasteiger partial charge on any atom is 0.310 e. The van der Waals surface area contributed by atoms with Crippen molar-refractivity contribution in [3.8, 4) is 10.4 Å². The molecular weight excluding hydrogens is 407 g/mol. The highest BCUT2D eigenvalue weighted by molar-refractivity contribution is 7.17. The van der Waals surface area contributed by atoms with Crippen LogP contribution in [-0.4, -0.2) is 17.9 Å². The molecule has 140 valence electrons. The van der Waals surface area contributed by atoms with Crippen LogP contribution in [0.15, 0.2) is 47.1 Å². The maximum absolute atomic E-state index is 12.6. The van der Waals surface area contributed by atoms with Gasteiger partial charge < -0.3 is 9.15 Å². The van der Waals surface area contributed by atoms with Crippen LogP contribution in [0.25, 0.3) is 10.4 Å². The van der Waals surface area contributed by atoms with Gasteiger partial charge in [0.15, 0.2) is 5.76 Å². The molecule has 0 fully saturated rings. The van der Waals surface area contributed by atoms with E-state index in [-0.39, 0.29) is 30.0 Å². The van der Waals surface area contributed by atoms with Crippen LogP contribution >= 0.6 is 34.5 Å². The third-order valence-corrected chi connectivity index (χ3v) is 5.63. The average molecular weight is 423 g/mol. The summed E-state index contributed by atoms with van der Waals surface area (Å²) >= 11 is 13.4. The summed E-state index contributed by atoms with van der Waals surface area (Å²) in [6, 6.07) is 10.2. The molecule has 7 heteroatoms. The standard InChI is InChI=1S/C20H16Cl2O4S/c1-11(2)26-18(23)10-13-9-17(19(24)16-4-3-7-25-16)27-20(13)12-5-6-14(21)15(22)8-12/h3-9,11H,10H2,1-2H3. The molecule has 2 aromatic heterocycles. The molecule has 0 radical (unpaired) electrons. The van der Waals surface area contributed by atoms with Crippen molar-refractivity contribution in [3.05, 3.63) is 68.9 Å². The molecule has 0 aliphatic carbocycles. The molecule has 0 amide bonds. The van der Waals surface area contributed by atoms with Gasteiger partial charge in [0, 0.05) is 4.88 Å². The molecule has 0 spiro atoms. The smallest absolute Gasteiger partial charge is 0.310 e. The summed E-state index contributed by atoms with van der Waals surface area (Å²) < 4.78 is 10.4. The predicted molar refractivity (Wildman–Crippen MR) is 107 cm³/mol. The van der Waals surface area contributed by atoms with Gasteiger partial charge in [-0.05, 0) is 55.3 Å². The van der Waals surface area contributed by atoms with Crippen molar-refractivity contribution in [1.29, 1.82) is 0 Å². The number of halogens is 2. The Morgan fingerprint density at radius 3 is 2.56 bits per heavy atom. The van der Waals surface area contributed by atoms with Crippen molar-refractivity contribution in [2.45, 2.75) is 26.4 Å². The van der Waals surface area contributed by atoms with Gasteiger partial charge in [-0.25, -0.2) is 0 Å². The summed E-state index contributed by atoms with van der Waals surface area (Å²) in [6.07, 6.45) is 1.28. The van der Waals surface area contributed by atoms with E-state index in [0.29, 0.717) is 20.5 Å². The zero-order valence-corrected chi connectivity index (χ0v) is 17.0. The van der Waals surface area contributed by atoms with Gasteiger partial charge in [0.25, 0.3) is 0 Å². The Balaban J connectivity index is 2.02. The largest absolute Gasteiger partial charge is 0.463 e. The molecule has 0 bridgehead atoms. The number of carbonyl (C=O) groups excluding carboxylic acids is 2. The second kappa shape index (κ2) is 8.30. The number of hydrogen-bond acceptors (Lipinski definition) is 5. The Morgan fingerprint density at radius 1 is 1.15 bits per heavy atom. The number of ether oxygens (including phenoxy) is 1. The van der Waals surface area contributed by atoms with Gasteiger partial charge in [-0.15, -0.1) is 11.3 Å². The lowest BCUT2D eigenvalue weighted by molar-refractivity contribution is -0.146. The molecule has 0 saturated carbocycles. The summed E-state index contributed by atoms with van der Waals surface area (Å²) in [5, 5.41) is 0.835. The van der Waals surface area contributed by atoms with E-state index in [2.05, 4.69) is 0 Å². The van der Waals surface area contributed by atoms with Crippen LogP contribution in [0.2, 0.25) is 10.0 Å². The lowest BCUT2D eigenvalue weighted by atomic mass is 10.1. The molecule has 4 nitrogen and oxygen atoms in total. The first-order chi connectivity index (χ1) is 12.8. The van der Waals surface area contributed by atoms with Gasteiger partial charge in [-0.3, -0.25) is 9.59 Å². The van der Waals surface area contributed by atoms with E-state index < -0.39 is 0 Å². The topological polar surface area (TPSA) is 56.5 Å². The van der Waals surface area contributed by atoms with Crippen molar-refractivity contribution in [2.75, 3.05) is 0 Å². The Morgan fingerprint density at radius 2 is 1.93 bits per heavy atom. The monoisotopic (exact) mass is 422 g/mol. The minimum atomic E-state index is -0.360. The highest BCUT2D eigenvalue weighted by atomic mass is 35.5. The van der Waals surface area contributed by atoms with Crippen LogP contribution in [0.1, 0.15) is 34.8 Å². The van der Waals surface area contributed by atoms with Crippen molar-refractivity contribution < 1.29 is 18.7 Å². The van der Waals surface area contributed by atoms with Gasteiger partial charge in [0.2, 0.25) is 5.78 Å². The lowest BCUT2D eigenvalue weighted by Crippen LogP contribution is -2.13. The molecule has 0 atom stereocenters. The summed E-state index contributed by atoms with van der Waals surface area (Å²) in [5.41, 5.74) is 1.47. The number of benzene rings is 1. The fourth-order valence-electron chi connectivity index (χ4n) is 2.54. The first kappa shape index (κ1) is 19.7. The van der Waals surface area contributed by atoms with E-state index in [1.807, 2.05) is 0 Å². The van der Waals surface area contributed by atoms with Crippen molar-refractivity contribution >= 4 is 46.3 Å². The minimum absolute atomic E-state index is 0.0513. The van der Waals surface area contributed by atoms with Crippen LogP contribution < -0.4 is 0 Å². The van der Waals surface area contributed by atoms with E-state index in [9.17, 15) is 9.59 Å². The number of carbonyl (C=O) groups is 2. The fourth-order valence-corrected chi connectivity index (χ4v) is 3.96. The molecule has 27 heavy (non-hydrogen) atoms. The number of rotatable bonds is 6. The Labute approximate surface area is 170 Å². The summed E-state index contributed by atoms with van der Waals surface area (Å²) in [6.45, 7) is 3.58. The SMILES string of the molecule is CC(C)OC(=O)Cc1cc(C(=O)c2ccco2)sc1-c1ccc(Cl)c(Cl)c1. The highest BCUT2D eigenvalue weighted by Crippen LogP contribution is 2.37. The van der Waals surface area contributed by atoms with Crippen molar-refractivity contribution in [1.82, 2.24) is 0 Å². The average Bonchev–Trinajstić information content (AvgIpc) is 3.26. The molecule has 3 aromatic rings. The summed E-state index contributed by atoms with van der Waals surface area (Å²) in [7, 11) is 0. The maximum atomic E-state index is 12.6. The minimum Gasteiger partial charge on any atom is -0.463 e. The van der Waals surface area contributed by atoms with Crippen LogP contribution in [-0.2, 0) is 16.0 Å². The van der Waals surface area contributed by atoms with Gasteiger partial charge >= 0.3 is 5.97 Å². The van der Waals surface area contributed by atoms with E-state index in [0.717, 1.165) is 10.4 Å². The normalized spacial score (nSPS) is 11.0. The first-order valence-electron chi connectivity index (χ1n) is 8.21. The molecule has 0 aliphatic heterocycles. The Kier molecular flexibility index (Phi) is 6.05. The van der Waals surface area contributed by atoms with Gasteiger partial charge in [0.05, 0.1) is 33.7 Å². The summed E-state index contributed by atoms with van der Waals surface area (Å²) in [4.78, 5) is 26.0. The molecule has 2 heterocycles.